The molecule has 162 valence electrons. The quantitative estimate of drug-likeness (QED) is 0.818. The highest BCUT2D eigenvalue weighted by molar-refractivity contribution is 6.40. The molecule has 1 N–H and O–H groups in total. The first-order valence-corrected chi connectivity index (χ1v) is 10.3. The van der Waals surface area contributed by atoms with Crippen LogP contribution in [0.1, 0.15) is 47.0 Å². The van der Waals surface area contributed by atoms with Crippen molar-refractivity contribution in [1.29, 1.82) is 0 Å². The van der Waals surface area contributed by atoms with Gasteiger partial charge in [0.15, 0.2) is 5.78 Å². The first kappa shape index (κ1) is 21.8. The molecule has 0 radical (unpaired) electrons. The maximum atomic E-state index is 12.8. The van der Waals surface area contributed by atoms with E-state index >= 15 is 0 Å². The van der Waals surface area contributed by atoms with Crippen LogP contribution in [0.5, 0.6) is 0 Å². The Hall–Kier alpha value is -2.90. The number of carbonyl (C=O) groups is 3. The van der Waals surface area contributed by atoms with Crippen LogP contribution in [0.2, 0.25) is 0 Å². The third-order valence-corrected chi connectivity index (χ3v) is 5.14. The van der Waals surface area contributed by atoms with Gasteiger partial charge >= 0.3 is 6.09 Å². The average Bonchev–Trinajstić information content (AvgIpc) is 3.14. The maximum absolute atomic E-state index is 12.8. The van der Waals surface area contributed by atoms with Crippen molar-refractivity contribution in [1.82, 2.24) is 10.2 Å². The van der Waals surface area contributed by atoms with Gasteiger partial charge in [-0.2, -0.15) is 5.10 Å². The first-order chi connectivity index (χ1) is 14.1. The van der Waals surface area contributed by atoms with Crippen LogP contribution in [-0.4, -0.2) is 59.2 Å². The number of Topliss-reactive ketones (excluding diaryl/α,β-unsaturated/α-hetero) is 1. The number of piperidine rings is 1. The molecule has 0 saturated carbocycles. The molecule has 0 bridgehead atoms. The molecule has 0 spiro atoms. The van der Waals surface area contributed by atoms with Crippen molar-refractivity contribution in [2.24, 2.45) is 5.10 Å². The normalized spacial score (nSPS) is 20.0. The molecule has 2 aliphatic rings. The lowest BCUT2D eigenvalue weighted by atomic mass is 10.0. The van der Waals surface area contributed by atoms with Crippen molar-refractivity contribution in [3.63, 3.8) is 0 Å². The summed E-state index contributed by atoms with van der Waals surface area (Å²) in [6, 6.07) is 8.86. The molecule has 1 atom stereocenters. The van der Waals surface area contributed by atoms with Crippen LogP contribution in [-0.2, 0) is 14.3 Å². The van der Waals surface area contributed by atoms with Gasteiger partial charge in [-0.3, -0.25) is 14.6 Å². The fourth-order valence-corrected chi connectivity index (χ4v) is 3.58. The Labute approximate surface area is 177 Å². The SMILES string of the molecule is CC(=O)C1CC(C(=O)NC2CCN(C(=O)OC(C)(C)C)CC2)=NN1c1ccccc1. The lowest BCUT2D eigenvalue weighted by Gasteiger charge is -2.33. The third kappa shape index (κ3) is 5.37. The van der Waals surface area contributed by atoms with Gasteiger partial charge < -0.3 is 15.0 Å². The number of carbonyl (C=O) groups excluding carboxylic acids is 3. The molecule has 0 aliphatic carbocycles. The number of nitrogens with one attached hydrogen (secondary N) is 1. The summed E-state index contributed by atoms with van der Waals surface area (Å²) >= 11 is 0. The number of ether oxygens (including phenoxy) is 1. The van der Waals surface area contributed by atoms with Crippen LogP contribution in [0.15, 0.2) is 35.4 Å². The number of rotatable bonds is 4. The van der Waals surface area contributed by atoms with E-state index in [9.17, 15) is 14.4 Å². The first-order valence-electron chi connectivity index (χ1n) is 10.3. The molecule has 1 saturated heterocycles. The van der Waals surface area contributed by atoms with E-state index in [2.05, 4.69) is 10.4 Å². The van der Waals surface area contributed by atoms with Gasteiger partial charge in [-0.05, 0) is 52.7 Å². The molecule has 3 rings (SSSR count). The minimum Gasteiger partial charge on any atom is -0.444 e. The number of para-hydroxylation sites is 1. The van der Waals surface area contributed by atoms with Crippen LogP contribution >= 0.6 is 0 Å². The lowest BCUT2D eigenvalue weighted by Crippen LogP contribution is -2.49. The van der Waals surface area contributed by atoms with Gasteiger partial charge in [-0.15, -0.1) is 0 Å². The Morgan fingerprint density at radius 2 is 1.73 bits per heavy atom. The fraction of sp³-hybridized carbons (Fsp3) is 0.545. The highest BCUT2D eigenvalue weighted by atomic mass is 16.6. The van der Waals surface area contributed by atoms with Crippen LogP contribution < -0.4 is 10.3 Å². The van der Waals surface area contributed by atoms with Gasteiger partial charge in [0.2, 0.25) is 0 Å². The van der Waals surface area contributed by atoms with E-state index in [4.69, 9.17) is 4.74 Å². The number of likely N-dealkylation sites (tertiary alicyclic amines) is 1. The Bertz CT molecular complexity index is 823. The van der Waals surface area contributed by atoms with Crippen molar-refractivity contribution in [3.05, 3.63) is 30.3 Å². The number of nitrogens with zero attached hydrogens (tertiary/aromatic N) is 3. The second kappa shape index (κ2) is 8.85. The monoisotopic (exact) mass is 414 g/mol. The van der Waals surface area contributed by atoms with E-state index < -0.39 is 11.6 Å². The number of hydrogen-bond acceptors (Lipinski definition) is 6. The molecule has 1 fully saturated rings. The van der Waals surface area contributed by atoms with E-state index in [-0.39, 0.29) is 30.2 Å². The molecule has 0 aromatic heterocycles. The van der Waals surface area contributed by atoms with Crippen LogP contribution in [0.25, 0.3) is 0 Å². The van der Waals surface area contributed by atoms with Gasteiger partial charge in [0.1, 0.15) is 17.4 Å². The summed E-state index contributed by atoms with van der Waals surface area (Å²) in [6.07, 6.45) is 1.26. The molecular formula is C22H30N4O4. The van der Waals surface area contributed by atoms with E-state index in [1.165, 1.54) is 6.92 Å². The molecule has 2 aliphatic heterocycles. The summed E-state index contributed by atoms with van der Waals surface area (Å²) in [5, 5.41) is 9.08. The van der Waals surface area contributed by atoms with Crippen molar-refractivity contribution >= 4 is 29.2 Å². The predicted octanol–water partition coefficient (Wildman–Crippen LogP) is 2.73. The van der Waals surface area contributed by atoms with Gasteiger partial charge in [0, 0.05) is 25.6 Å². The largest absolute Gasteiger partial charge is 0.444 e. The summed E-state index contributed by atoms with van der Waals surface area (Å²) in [5.74, 6) is -0.286. The molecule has 30 heavy (non-hydrogen) atoms. The fourth-order valence-electron chi connectivity index (χ4n) is 3.58. The third-order valence-electron chi connectivity index (χ3n) is 5.14. The minimum absolute atomic E-state index is 0.0314. The Balaban J connectivity index is 1.57. The summed E-state index contributed by atoms with van der Waals surface area (Å²) in [6.45, 7) is 8.09. The molecular weight excluding hydrogens is 384 g/mol. The molecule has 1 aromatic rings. The highest BCUT2D eigenvalue weighted by Gasteiger charge is 2.35. The average molecular weight is 415 g/mol. The van der Waals surface area contributed by atoms with Gasteiger partial charge in [0.05, 0.1) is 5.69 Å². The van der Waals surface area contributed by atoms with E-state index in [1.54, 1.807) is 9.91 Å². The summed E-state index contributed by atoms with van der Waals surface area (Å²) in [5.41, 5.74) is 0.612. The lowest BCUT2D eigenvalue weighted by molar-refractivity contribution is -0.118. The molecule has 2 amide bonds. The van der Waals surface area contributed by atoms with Gasteiger partial charge in [0.25, 0.3) is 5.91 Å². The number of anilines is 1. The summed E-state index contributed by atoms with van der Waals surface area (Å²) in [7, 11) is 0. The zero-order chi connectivity index (χ0) is 21.9. The van der Waals surface area contributed by atoms with Crippen molar-refractivity contribution in [2.75, 3.05) is 18.1 Å². The summed E-state index contributed by atoms with van der Waals surface area (Å²) in [4.78, 5) is 38.7. The van der Waals surface area contributed by atoms with Crippen LogP contribution in [0.4, 0.5) is 10.5 Å². The predicted molar refractivity (Wildman–Crippen MR) is 114 cm³/mol. The minimum atomic E-state index is -0.527. The number of hydrazone groups is 1. The molecule has 2 heterocycles. The maximum Gasteiger partial charge on any atom is 0.410 e. The molecule has 1 unspecified atom stereocenters. The Morgan fingerprint density at radius 3 is 2.30 bits per heavy atom. The number of amides is 2. The number of benzene rings is 1. The van der Waals surface area contributed by atoms with E-state index in [1.807, 2.05) is 51.1 Å². The van der Waals surface area contributed by atoms with Crippen molar-refractivity contribution < 1.29 is 19.1 Å². The smallest absolute Gasteiger partial charge is 0.410 e. The zero-order valence-corrected chi connectivity index (χ0v) is 18.1. The standard InChI is InChI=1S/C22H30N4O4/c1-15(27)19-14-18(24-26(19)17-8-6-5-7-9-17)20(28)23-16-10-12-25(13-11-16)21(29)30-22(2,3)4/h5-9,16,19H,10-14H2,1-4H3,(H,23,28). The molecule has 1 aromatic carbocycles. The van der Waals surface area contributed by atoms with Crippen molar-refractivity contribution in [3.8, 4) is 0 Å². The van der Waals surface area contributed by atoms with E-state index in [0.29, 0.717) is 31.6 Å². The van der Waals surface area contributed by atoms with Crippen LogP contribution in [0, 0.1) is 0 Å². The zero-order valence-electron chi connectivity index (χ0n) is 18.1. The van der Waals surface area contributed by atoms with Gasteiger partial charge in [-0.1, -0.05) is 18.2 Å². The highest BCUT2D eigenvalue weighted by Crippen LogP contribution is 2.25. The molecule has 8 heteroatoms. The Morgan fingerprint density at radius 1 is 1.10 bits per heavy atom. The summed E-state index contributed by atoms with van der Waals surface area (Å²) < 4.78 is 5.41. The molecule has 8 nitrogen and oxygen atoms in total. The second-order valence-corrected chi connectivity index (χ2v) is 8.77. The second-order valence-electron chi connectivity index (χ2n) is 8.77. The van der Waals surface area contributed by atoms with Gasteiger partial charge in [-0.25, -0.2) is 4.79 Å². The van der Waals surface area contributed by atoms with Crippen LogP contribution in [0.3, 0.4) is 0 Å². The Kier molecular flexibility index (Phi) is 6.43. The topological polar surface area (TPSA) is 91.3 Å². The number of ketones is 1. The number of hydrogen-bond donors (Lipinski definition) is 1. The van der Waals surface area contributed by atoms with E-state index in [0.717, 1.165) is 5.69 Å². The van der Waals surface area contributed by atoms with Crippen molar-refractivity contribution in [2.45, 2.75) is 64.6 Å².